The summed E-state index contributed by atoms with van der Waals surface area (Å²) >= 11 is 6.50. The molecule has 0 radical (unpaired) electrons. The van der Waals surface area contributed by atoms with Crippen LogP contribution in [-0.4, -0.2) is 52.6 Å². The highest BCUT2D eigenvalue weighted by Crippen LogP contribution is 2.31. The van der Waals surface area contributed by atoms with Gasteiger partial charge in [0, 0.05) is 25.5 Å². The number of hydrogen-bond acceptors (Lipinski definition) is 6. The Morgan fingerprint density at radius 3 is 2.62 bits per heavy atom. The van der Waals surface area contributed by atoms with Crippen LogP contribution in [0, 0.1) is 0 Å². The van der Waals surface area contributed by atoms with Gasteiger partial charge in [-0.05, 0) is 56.0 Å². The number of pyridine rings is 1. The van der Waals surface area contributed by atoms with E-state index in [2.05, 4.69) is 25.6 Å². The lowest BCUT2D eigenvalue weighted by Gasteiger charge is -2.09. The molecule has 3 N–H and O–H groups in total. The second-order valence-corrected chi connectivity index (χ2v) is 8.62. The number of halogens is 1. The van der Waals surface area contributed by atoms with E-state index >= 15 is 0 Å². The van der Waals surface area contributed by atoms with Crippen LogP contribution in [0.1, 0.15) is 39.0 Å². The van der Waals surface area contributed by atoms with Gasteiger partial charge in [0.05, 0.1) is 22.8 Å². The predicted octanol–water partition coefficient (Wildman–Crippen LogP) is 3.62. The number of amides is 2. The first kappa shape index (κ1) is 23.8. The highest BCUT2D eigenvalue weighted by Gasteiger charge is 2.19. The number of ether oxygens (including phenoxy) is 2. The Bertz CT molecular complexity index is 1140. The molecule has 3 aromatic rings. The molecule has 1 aliphatic carbocycles. The zero-order valence-corrected chi connectivity index (χ0v) is 19.8. The molecule has 0 unspecified atom stereocenters. The topological polar surface area (TPSA) is 118 Å². The van der Waals surface area contributed by atoms with Crippen LogP contribution in [0.15, 0.2) is 30.3 Å². The molecule has 2 heterocycles. The van der Waals surface area contributed by atoms with Crippen molar-refractivity contribution in [3.63, 3.8) is 0 Å². The molecule has 34 heavy (non-hydrogen) atoms. The van der Waals surface area contributed by atoms with Gasteiger partial charge in [-0.2, -0.15) is 4.98 Å². The third kappa shape index (κ3) is 6.38. The number of nitrogens with one attached hydrogen (secondary N) is 3. The number of benzene rings is 1. The lowest BCUT2D eigenvalue weighted by molar-refractivity contribution is -0.121. The van der Waals surface area contributed by atoms with E-state index in [0.717, 1.165) is 23.9 Å². The van der Waals surface area contributed by atoms with Gasteiger partial charge in [-0.25, -0.2) is 4.98 Å². The summed E-state index contributed by atoms with van der Waals surface area (Å²) in [6.45, 7) is 2.43. The number of carbonyl (C=O) groups is 2. The second kappa shape index (κ2) is 11.2. The van der Waals surface area contributed by atoms with Gasteiger partial charge in [-0.3, -0.25) is 9.59 Å². The number of carbonyl (C=O) groups excluding carboxylic acids is 2. The first-order valence-electron chi connectivity index (χ1n) is 11.5. The standard InChI is InChI=1S/C24H28ClN5O4/c1-15(31)26-11-10-21(32)27-12-13-33-17-8-6-16(7-9-17)22-19(25)14-20-23(29-22)30-24(28-20)34-18-4-2-3-5-18/h6-9,14,18H,2-5,10-13H2,1H3,(H,26,31)(H,27,32)(H,28,29,30). The van der Waals surface area contributed by atoms with E-state index in [1.807, 2.05) is 30.3 Å². The molecule has 1 saturated carbocycles. The molecule has 0 spiro atoms. The van der Waals surface area contributed by atoms with Crippen molar-refractivity contribution in [2.75, 3.05) is 19.7 Å². The third-order valence-corrected chi connectivity index (χ3v) is 5.82. The van der Waals surface area contributed by atoms with Gasteiger partial charge in [-0.15, -0.1) is 0 Å². The summed E-state index contributed by atoms with van der Waals surface area (Å²) in [6.07, 6.45) is 4.92. The lowest BCUT2D eigenvalue weighted by Crippen LogP contribution is -2.31. The molecule has 0 bridgehead atoms. The van der Waals surface area contributed by atoms with Crippen molar-refractivity contribution in [2.45, 2.75) is 45.1 Å². The maximum atomic E-state index is 11.7. The van der Waals surface area contributed by atoms with Gasteiger partial charge < -0.3 is 25.1 Å². The van der Waals surface area contributed by atoms with Gasteiger partial charge in [0.25, 0.3) is 6.01 Å². The third-order valence-electron chi connectivity index (χ3n) is 5.53. The summed E-state index contributed by atoms with van der Waals surface area (Å²) in [5.41, 5.74) is 2.76. The molecule has 0 saturated heterocycles. The number of hydrogen-bond donors (Lipinski definition) is 3. The van der Waals surface area contributed by atoms with Crippen LogP contribution in [-0.2, 0) is 9.59 Å². The molecular weight excluding hydrogens is 458 g/mol. The number of aromatic amines is 1. The van der Waals surface area contributed by atoms with Gasteiger partial charge in [0.2, 0.25) is 11.8 Å². The summed E-state index contributed by atoms with van der Waals surface area (Å²) in [5.74, 6) is 0.373. The first-order chi connectivity index (χ1) is 16.5. The van der Waals surface area contributed by atoms with Gasteiger partial charge in [0.1, 0.15) is 18.5 Å². The molecule has 10 heteroatoms. The van der Waals surface area contributed by atoms with Crippen LogP contribution in [0.5, 0.6) is 11.8 Å². The number of nitrogens with zero attached hydrogens (tertiary/aromatic N) is 2. The molecule has 0 aliphatic heterocycles. The zero-order valence-electron chi connectivity index (χ0n) is 19.0. The zero-order chi connectivity index (χ0) is 23.9. The number of fused-ring (bicyclic) bond motifs is 1. The normalized spacial score (nSPS) is 13.7. The Morgan fingerprint density at radius 1 is 1.12 bits per heavy atom. The molecule has 1 aliphatic rings. The van der Waals surface area contributed by atoms with Crippen molar-refractivity contribution in [3.8, 4) is 23.0 Å². The Balaban J connectivity index is 1.31. The van der Waals surface area contributed by atoms with E-state index in [-0.39, 0.29) is 24.3 Å². The quantitative estimate of drug-likeness (QED) is 0.377. The van der Waals surface area contributed by atoms with Crippen LogP contribution in [0.25, 0.3) is 22.4 Å². The Kier molecular flexibility index (Phi) is 7.84. The minimum atomic E-state index is -0.154. The second-order valence-electron chi connectivity index (χ2n) is 8.21. The molecule has 1 fully saturated rings. The smallest absolute Gasteiger partial charge is 0.296 e. The fourth-order valence-corrected chi connectivity index (χ4v) is 4.09. The van der Waals surface area contributed by atoms with Crippen molar-refractivity contribution in [3.05, 3.63) is 35.4 Å². The predicted molar refractivity (Wildman–Crippen MR) is 129 cm³/mol. The van der Waals surface area contributed by atoms with E-state index in [0.29, 0.717) is 47.8 Å². The van der Waals surface area contributed by atoms with Crippen molar-refractivity contribution < 1.29 is 19.1 Å². The summed E-state index contributed by atoms with van der Waals surface area (Å²) < 4.78 is 11.6. The number of imidazole rings is 1. The molecular formula is C24H28ClN5O4. The number of rotatable bonds is 10. The minimum absolute atomic E-state index is 0.140. The van der Waals surface area contributed by atoms with Crippen molar-refractivity contribution in [1.82, 2.24) is 25.6 Å². The van der Waals surface area contributed by atoms with Crippen LogP contribution in [0.3, 0.4) is 0 Å². The van der Waals surface area contributed by atoms with Crippen LogP contribution < -0.4 is 20.1 Å². The van der Waals surface area contributed by atoms with E-state index in [9.17, 15) is 9.59 Å². The Hall–Kier alpha value is -3.33. The first-order valence-corrected chi connectivity index (χ1v) is 11.8. The molecule has 2 amide bonds. The summed E-state index contributed by atoms with van der Waals surface area (Å²) in [4.78, 5) is 34.8. The van der Waals surface area contributed by atoms with Crippen LogP contribution in [0.2, 0.25) is 5.02 Å². The van der Waals surface area contributed by atoms with Crippen molar-refractivity contribution in [1.29, 1.82) is 0 Å². The van der Waals surface area contributed by atoms with Gasteiger partial charge in [-0.1, -0.05) is 11.6 Å². The molecule has 2 aromatic heterocycles. The van der Waals surface area contributed by atoms with Gasteiger partial charge in [0.15, 0.2) is 5.65 Å². The molecule has 4 rings (SSSR count). The highest BCUT2D eigenvalue weighted by atomic mass is 35.5. The highest BCUT2D eigenvalue weighted by molar-refractivity contribution is 6.33. The average Bonchev–Trinajstić information content (AvgIpc) is 3.46. The fraction of sp³-hybridized carbons (Fsp3) is 0.417. The van der Waals surface area contributed by atoms with Crippen LogP contribution in [0.4, 0.5) is 0 Å². The maximum absolute atomic E-state index is 11.7. The summed E-state index contributed by atoms with van der Waals surface area (Å²) in [7, 11) is 0. The maximum Gasteiger partial charge on any atom is 0.296 e. The van der Waals surface area contributed by atoms with E-state index in [1.165, 1.54) is 19.8 Å². The van der Waals surface area contributed by atoms with Gasteiger partial charge >= 0.3 is 0 Å². The largest absolute Gasteiger partial charge is 0.492 e. The molecule has 9 nitrogen and oxygen atoms in total. The molecule has 1 aromatic carbocycles. The van der Waals surface area contributed by atoms with Crippen LogP contribution >= 0.6 is 11.6 Å². The lowest BCUT2D eigenvalue weighted by atomic mass is 10.1. The SMILES string of the molecule is CC(=O)NCCC(=O)NCCOc1ccc(-c2nc3nc(OC4CCCC4)[nH]c3cc2Cl)cc1. The molecule has 0 atom stereocenters. The fourth-order valence-electron chi connectivity index (χ4n) is 3.83. The van der Waals surface area contributed by atoms with Crippen molar-refractivity contribution >= 4 is 34.6 Å². The summed E-state index contributed by atoms with van der Waals surface area (Å²) in [6, 6.07) is 9.71. The summed E-state index contributed by atoms with van der Waals surface area (Å²) in [5, 5.41) is 5.85. The Morgan fingerprint density at radius 2 is 1.88 bits per heavy atom. The van der Waals surface area contributed by atoms with Crippen molar-refractivity contribution in [2.24, 2.45) is 0 Å². The van der Waals surface area contributed by atoms with E-state index in [1.54, 1.807) is 0 Å². The van der Waals surface area contributed by atoms with E-state index in [4.69, 9.17) is 21.1 Å². The monoisotopic (exact) mass is 485 g/mol. The minimum Gasteiger partial charge on any atom is -0.492 e. The number of H-pyrrole nitrogens is 1. The molecule has 180 valence electrons. The average molecular weight is 486 g/mol. The Labute approximate surface area is 202 Å². The van der Waals surface area contributed by atoms with E-state index < -0.39 is 0 Å². The number of aromatic nitrogens is 3.